The molecule has 4 heterocycles. The van der Waals surface area contributed by atoms with Gasteiger partial charge in [-0.2, -0.15) is 9.61 Å². The summed E-state index contributed by atoms with van der Waals surface area (Å²) in [6.45, 7) is 3.14. The lowest BCUT2D eigenvalue weighted by molar-refractivity contribution is 0.201. The van der Waals surface area contributed by atoms with E-state index in [1.807, 2.05) is 35.0 Å². The lowest BCUT2D eigenvalue weighted by Crippen LogP contribution is -2.33. The molecule has 4 aromatic rings. The zero-order valence-corrected chi connectivity index (χ0v) is 15.6. The van der Waals surface area contributed by atoms with Crippen molar-refractivity contribution in [2.45, 2.75) is 25.3 Å². The van der Waals surface area contributed by atoms with Gasteiger partial charge in [0, 0.05) is 30.4 Å². The molecular formula is C22H22N6. The van der Waals surface area contributed by atoms with Gasteiger partial charge in [0.1, 0.15) is 0 Å². The predicted molar refractivity (Wildman–Crippen MR) is 108 cm³/mol. The topological polar surface area (TPSA) is 59.2 Å². The third-order valence-electron chi connectivity index (χ3n) is 5.45. The molecule has 6 nitrogen and oxygen atoms in total. The molecule has 1 aromatic carbocycles. The Kier molecular flexibility index (Phi) is 4.54. The van der Waals surface area contributed by atoms with E-state index in [2.05, 4.69) is 50.4 Å². The van der Waals surface area contributed by atoms with E-state index >= 15 is 0 Å². The van der Waals surface area contributed by atoms with E-state index in [1.54, 1.807) is 6.20 Å². The number of nitrogens with zero attached hydrogens (tertiary/aromatic N) is 6. The number of likely N-dealkylation sites (tertiary alicyclic amines) is 1. The summed E-state index contributed by atoms with van der Waals surface area (Å²) in [5.41, 5.74) is 4.07. The van der Waals surface area contributed by atoms with Crippen LogP contribution in [0.1, 0.15) is 30.1 Å². The third kappa shape index (κ3) is 3.39. The van der Waals surface area contributed by atoms with Crippen molar-refractivity contribution >= 4 is 5.65 Å². The van der Waals surface area contributed by atoms with Crippen molar-refractivity contribution in [1.82, 2.24) is 29.7 Å². The van der Waals surface area contributed by atoms with E-state index < -0.39 is 0 Å². The maximum absolute atomic E-state index is 4.81. The van der Waals surface area contributed by atoms with Gasteiger partial charge in [-0.1, -0.05) is 30.3 Å². The van der Waals surface area contributed by atoms with E-state index in [4.69, 9.17) is 5.10 Å². The van der Waals surface area contributed by atoms with Gasteiger partial charge in [0.05, 0.1) is 5.69 Å². The fraction of sp³-hybridized carbons (Fsp3) is 0.273. The van der Waals surface area contributed by atoms with E-state index in [1.165, 1.54) is 5.56 Å². The Hall–Kier alpha value is -3.12. The largest absolute Gasteiger partial charge is 0.299 e. The Morgan fingerprint density at radius 1 is 0.893 bits per heavy atom. The second-order valence-electron chi connectivity index (χ2n) is 7.32. The van der Waals surface area contributed by atoms with Gasteiger partial charge in [-0.3, -0.25) is 9.88 Å². The van der Waals surface area contributed by atoms with Crippen molar-refractivity contribution in [1.29, 1.82) is 0 Å². The molecule has 1 aliphatic rings. The number of benzene rings is 1. The average Bonchev–Trinajstić information content (AvgIpc) is 3.19. The van der Waals surface area contributed by atoms with Gasteiger partial charge < -0.3 is 0 Å². The molecular weight excluding hydrogens is 348 g/mol. The zero-order valence-electron chi connectivity index (χ0n) is 15.6. The normalized spacial score (nSPS) is 15.9. The number of fused-ring (bicyclic) bond motifs is 1. The second kappa shape index (κ2) is 7.48. The first-order valence-electron chi connectivity index (χ1n) is 9.76. The van der Waals surface area contributed by atoms with Crippen LogP contribution in [-0.2, 0) is 6.54 Å². The average molecular weight is 370 g/mol. The van der Waals surface area contributed by atoms with Crippen LogP contribution in [0, 0.1) is 0 Å². The maximum atomic E-state index is 4.81. The molecule has 5 rings (SSSR count). The Bertz CT molecular complexity index is 1050. The van der Waals surface area contributed by atoms with Gasteiger partial charge in [0.25, 0.3) is 0 Å². The molecule has 1 fully saturated rings. The minimum Gasteiger partial charge on any atom is -0.299 e. The summed E-state index contributed by atoms with van der Waals surface area (Å²) < 4.78 is 1.92. The molecule has 0 atom stereocenters. The van der Waals surface area contributed by atoms with Crippen LogP contribution in [-0.4, -0.2) is 42.8 Å². The maximum Gasteiger partial charge on any atom is 0.177 e. The molecule has 0 aliphatic carbocycles. The molecule has 0 radical (unpaired) electrons. The minimum atomic E-state index is 0.388. The predicted octanol–water partition coefficient (Wildman–Crippen LogP) is 3.57. The molecule has 3 aromatic heterocycles. The molecule has 0 spiro atoms. The van der Waals surface area contributed by atoms with E-state index in [-0.39, 0.29) is 0 Å². The van der Waals surface area contributed by atoms with Gasteiger partial charge in [0.2, 0.25) is 0 Å². The summed E-state index contributed by atoms with van der Waals surface area (Å²) >= 11 is 0. The molecule has 6 heteroatoms. The highest BCUT2D eigenvalue weighted by molar-refractivity contribution is 5.58. The summed E-state index contributed by atoms with van der Waals surface area (Å²) in [5, 5.41) is 13.6. The lowest BCUT2D eigenvalue weighted by Gasteiger charge is -2.31. The fourth-order valence-corrected chi connectivity index (χ4v) is 3.92. The first kappa shape index (κ1) is 17.0. The first-order chi connectivity index (χ1) is 13.9. The van der Waals surface area contributed by atoms with Gasteiger partial charge >= 0.3 is 0 Å². The standard InChI is InChI=1S/C22H22N6/c1-2-5-17(6-3-1)16-27-13-10-18(11-14-27)22-25-24-21-9-8-20(26-28(21)22)19-7-4-12-23-15-19/h1-9,12,15,18H,10-11,13-14,16H2. The van der Waals surface area contributed by atoms with Crippen LogP contribution in [0.25, 0.3) is 16.9 Å². The molecule has 1 aliphatic heterocycles. The monoisotopic (exact) mass is 370 g/mol. The van der Waals surface area contributed by atoms with E-state index in [9.17, 15) is 0 Å². The highest BCUT2D eigenvalue weighted by Crippen LogP contribution is 2.28. The van der Waals surface area contributed by atoms with Gasteiger partial charge in [-0.05, 0) is 55.8 Å². The van der Waals surface area contributed by atoms with Gasteiger partial charge in [0.15, 0.2) is 11.5 Å². The molecule has 0 bridgehead atoms. The van der Waals surface area contributed by atoms with Crippen LogP contribution < -0.4 is 0 Å². The van der Waals surface area contributed by atoms with Crippen LogP contribution in [0.5, 0.6) is 0 Å². The Morgan fingerprint density at radius 3 is 2.54 bits per heavy atom. The molecule has 0 saturated carbocycles. The van der Waals surface area contributed by atoms with Gasteiger partial charge in [-0.25, -0.2) is 0 Å². The quantitative estimate of drug-likeness (QED) is 0.550. The Morgan fingerprint density at radius 2 is 1.75 bits per heavy atom. The number of piperidine rings is 1. The molecule has 0 unspecified atom stereocenters. The van der Waals surface area contributed by atoms with Crippen LogP contribution >= 0.6 is 0 Å². The smallest absolute Gasteiger partial charge is 0.177 e. The van der Waals surface area contributed by atoms with Crippen molar-refractivity contribution in [2.75, 3.05) is 13.1 Å². The zero-order chi connectivity index (χ0) is 18.8. The summed E-state index contributed by atoms with van der Waals surface area (Å²) in [7, 11) is 0. The summed E-state index contributed by atoms with van der Waals surface area (Å²) in [4.78, 5) is 6.72. The number of pyridine rings is 1. The summed E-state index contributed by atoms with van der Waals surface area (Å²) in [6, 6.07) is 18.6. The highest BCUT2D eigenvalue weighted by atomic mass is 15.4. The summed E-state index contributed by atoms with van der Waals surface area (Å²) in [6.07, 6.45) is 5.76. The minimum absolute atomic E-state index is 0.388. The van der Waals surface area contributed by atoms with E-state index in [0.717, 1.165) is 55.2 Å². The van der Waals surface area contributed by atoms with Crippen molar-refractivity contribution in [2.24, 2.45) is 0 Å². The molecule has 0 N–H and O–H groups in total. The van der Waals surface area contributed by atoms with Crippen LogP contribution in [0.2, 0.25) is 0 Å². The molecule has 1 saturated heterocycles. The fourth-order valence-electron chi connectivity index (χ4n) is 3.92. The second-order valence-corrected chi connectivity index (χ2v) is 7.32. The van der Waals surface area contributed by atoms with Crippen molar-refractivity contribution in [3.63, 3.8) is 0 Å². The molecule has 28 heavy (non-hydrogen) atoms. The number of hydrogen-bond donors (Lipinski definition) is 0. The van der Waals surface area contributed by atoms with E-state index in [0.29, 0.717) is 5.92 Å². The van der Waals surface area contributed by atoms with Gasteiger partial charge in [-0.15, -0.1) is 10.2 Å². The van der Waals surface area contributed by atoms with Crippen molar-refractivity contribution < 1.29 is 0 Å². The number of rotatable bonds is 4. The number of aromatic nitrogens is 5. The Labute approximate surface area is 163 Å². The third-order valence-corrected chi connectivity index (χ3v) is 5.45. The molecule has 0 amide bonds. The summed E-state index contributed by atoms with van der Waals surface area (Å²) in [5.74, 6) is 1.36. The first-order valence-corrected chi connectivity index (χ1v) is 9.76. The SMILES string of the molecule is c1ccc(CN2CCC(c3nnc4ccc(-c5cccnc5)nn34)CC2)cc1. The lowest BCUT2D eigenvalue weighted by atomic mass is 9.96. The van der Waals surface area contributed by atoms with Crippen LogP contribution in [0.3, 0.4) is 0 Å². The van der Waals surface area contributed by atoms with Crippen LogP contribution in [0.4, 0.5) is 0 Å². The molecule has 140 valence electrons. The van der Waals surface area contributed by atoms with Crippen LogP contribution in [0.15, 0.2) is 67.0 Å². The Balaban J connectivity index is 1.34. The van der Waals surface area contributed by atoms with Crippen molar-refractivity contribution in [3.8, 4) is 11.3 Å². The number of hydrogen-bond acceptors (Lipinski definition) is 5. The van der Waals surface area contributed by atoms with Crippen molar-refractivity contribution in [3.05, 3.63) is 78.4 Å². The highest BCUT2D eigenvalue weighted by Gasteiger charge is 2.25.